The summed E-state index contributed by atoms with van der Waals surface area (Å²) in [6.45, 7) is 5.62. The van der Waals surface area contributed by atoms with Crippen LogP contribution in [0.2, 0.25) is 0 Å². The first kappa shape index (κ1) is 18.5. The maximum atomic E-state index is 5.52. The number of ether oxygens (including phenoxy) is 2. The van der Waals surface area contributed by atoms with Gasteiger partial charge in [0.25, 0.3) is 0 Å². The largest absolute Gasteiger partial charge is 0.449 e. The molecular weight excluding hydrogens is 290 g/mol. The fourth-order valence-corrected chi connectivity index (χ4v) is 2.33. The van der Waals surface area contributed by atoms with Crippen molar-refractivity contribution in [2.75, 3.05) is 19.1 Å². The molecule has 21 heavy (non-hydrogen) atoms. The molecule has 1 saturated heterocycles. The van der Waals surface area contributed by atoms with Crippen LogP contribution in [-0.4, -0.2) is 29.9 Å². The lowest BCUT2D eigenvalue weighted by Crippen LogP contribution is -2.25. The molecule has 0 aromatic carbocycles. The van der Waals surface area contributed by atoms with Crippen molar-refractivity contribution in [2.45, 2.75) is 64.6 Å². The molecule has 0 bridgehead atoms. The maximum Gasteiger partial charge on any atom is 0.193 e. The average molecular weight is 318 g/mol. The summed E-state index contributed by atoms with van der Waals surface area (Å²) < 4.78 is 16.2. The van der Waals surface area contributed by atoms with Crippen molar-refractivity contribution >= 4 is 11.6 Å². The zero-order chi connectivity index (χ0) is 15.4. The van der Waals surface area contributed by atoms with Crippen LogP contribution in [0.25, 0.3) is 0 Å². The van der Waals surface area contributed by atoms with Crippen LogP contribution in [-0.2, 0) is 15.9 Å². The van der Waals surface area contributed by atoms with Crippen LogP contribution in [0.5, 0.6) is 0 Å². The quantitative estimate of drug-likeness (QED) is 0.520. The molecule has 0 spiro atoms. The maximum absolute atomic E-state index is 5.52. The Kier molecular flexibility index (Phi) is 9.72. The van der Waals surface area contributed by atoms with E-state index < -0.39 is 0 Å². The zero-order valence-electron chi connectivity index (χ0n) is 13.3. The topological polar surface area (TPSA) is 44.5 Å². The van der Waals surface area contributed by atoms with Crippen LogP contribution >= 0.6 is 11.6 Å². The Balaban J connectivity index is 0.000000315. The van der Waals surface area contributed by atoms with Crippen molar-refractivity contribution in [1.82, 2.24) is 4.98 Å². The molecule has 0 aliphatic carbocycles. The van der Waals surface area contributed by atoms with Gasteiger partial charge in [-0.1, -0.05) is 19.8 Å². The number of oxazole rings is 1. The van der Waals surface area contributed by atoms with E-state index in [9.17, 15) is 0 Å². The van der Waals surface area contributed by atoms with Crippen LogP contribution < -0.4 is 0 Å². The van der Waals surface area contributed by atoms with Gasteiger partial charge in [-0.15, -0.1) is 11.6 Å². The summed E-state index contributed by atoms with van der Waals surface area (Å²) in [5.74, 6) is 1.29. The summed E-state index contributed by atoms with van der Waals surface area (Å²) in [4.78, 5) is 4.07. The fraction of sp³-hybridized carbons (Fsp3) is 0.812. The Morgan fingerprint density at radius 1 is 1.19 bits per heavy atom. The molecule has 1 aromatic heterocycles. The predicted molar refractivity (Wildman–Crippen MR) is 84.6 cm³/mol. The third kappa shape index (κ3) is 8.44. The molecule has 0 atom stereocenters. The molecule has 2 heterocycles. The van der Waals surface area contributed by atoms with Crippen molar-refractivity contribution in [1.29, 1.82) is 0 Å². The van der Waals surface area contributed by atoms with Crippen molar-refractivity contribution in [3.63, 3.8) is 0 Å². The molecule has 1 aliphatic rings. The van der Waals surface area contributed by atoms with Crippen LogP contribution in [0.3, 0.4) is 0 Å². The molecule has 1 fully saturated rings. The molecule has 1 aromatic rings. The van der Waals surface area contributed by atoms with E-state index in [1.807, 2.05) is 6.92 Å². The molecule has 0 amide bonds. The summed E-state index contributed by atoms with van der Waals surface area (Å²) >= 11 is 5.38. The Morgan fingerprint density at radius 2 is 1.95 bits per heavy atom. The number of hydrogen-bond acceptors (Lipinski definition) is 4. The number of nitrogens with zero attached hydrogens (tertiary/aromatic N) is 1. The molecule has 2 rings (SSSR count). The van der Waals surface area contributed by atoms with E-state index in [-0.39, 0.29) is 5.79 Å². The van der Waals surface area contributed by atoms with Gasteiger partial charge in [0.15, 0.2) is 11.7 Å². The average Bonchev–Trinajstić information content (AvgIpc) is 3.14. The Hall–Kier alpha value is -0.580. The van der Waals surface area contributed by atoms with E-state index in [0.717, 1.165) is 50.7 Å². The number of aromatic nitrogens is 1. The number of halogens is 1. The highest BCUT2D eigenvalue weighted by molar-refractivity contribution is 6.17. The van der Waals surface area contributed by atoms with Gasteiger partial charge in [0.2, 0.25) is 0 Å². The molecule has 0 radical (unpaired) electrons. The summed E-state index contributed by atoms with van der Waals surface area (Å²) in [5, 5.41) is 0. The minimum atomic E-state index is -0.351. The number of hydrogen-bond donors (Lipinski definition) is 0. The molecule has 1 aliphatic heterocycles. The predicted octanol–water partition coefficient (Wildman–Crippen LogP) is 4.57. The van der Waals surface area contributed by atoms with E-state index in [1.165, 1.54) is 19.3 Å². The van der Waals surface area contributed by atoms with E-state index in [2.05, 4.69) is 11.9 Å². The van der Waals surface area contributed by atoms with Gasteiger partial charge < -0.3 is 13.9 Å². The lowest BCUT2D eigenvalue weighted by molar-refractivity contribution is -0.147. The highest BCUT2D eigenvalue weighted by Crippen LogP contribution is 2.24. The van der Waals surface area contributed by atoms with Crippen molar-refractivity contribution < 1.29 is 13.9 Å². The van der Waals surface area contributed by atoms with E-state index in [4.69, 9.17) is 25.5 Å². The standard InChI is InChI=1S/C11H17NO3.C5H11Cl/c1-11(14-8-9-15-11)5-3-2-4-10-12-6-7-13-10;1-2-3-4-5-6/h6-7H,2-5,8-9H2,1H3;2-5H2,1H3. The Labute approximate surface area is 133 Å². The lowest BCUT2D eigenvalue weighted by atomic mass is 10.1. The SMILES string of the molecule is CC1(CCCCc2ncco2)OCCO1.CCCCCCl. The van der Waals surface area contributed by atoms with Gasteiger partial charge >= 0.3 is 0 Å². The third-order valence-electron chi connectivity index (χ3n) is 3.39. The Morgan fingerprint density at radius 3 is 2.48 bits per heavy atom. The van der Waals surface area contributed by atoms with Crippen molar-refractivity contribution in [3.05, 3.63) is 18.4 Å². The second kappa shape index (κ2) is 11.0. The monoisotopic (exact) mass is 317 g/mol. The molecule has 122 valence electrons. The zero-order valence-corrected chi connectivity index (χ0v) is 14.0. The molecule has 4 nitrogen and oxygen atoms in total. The molecule has 5 heteroatoms. The third-order valence-corrected chi connectivity index (χ3v) is 3.66. The number of alkyl halides is 1. The van der Waals surface area contributed by atoms with Gasteiger partial charge in [0, 0.05) is 18.7 Å². The first-order valence-electron chi connectivity index (χ1n) is 7.92. The van der Waals surface area contributed by atoms with Crippen LogP contribution in [0.4, 0.5) is 0 Å². The lowest BCUT2D eigenvalue weighted by Gasteiger charge is -2.21. The van der Waals surface area contributed by atoms with Crippen LogP contribution in [0.15, 0.2) is 16.9 Å². The first-order chi connectivity index (χ1) is 10.2. The molecule has 0 unspecified atom stereocenters. The molecule has 0 saturated carbocycles. The van der Waals surface area contributed by atoms with Gasteiger partial charge in [0.1, 0.15) is 6.26 Å². The first-order valence-corrected chi connectivity index (χ1v) is 8.46. The van der Waals surface area contributed by atoms with Crippen LogP contribution in [0.1, 0.15) is 58.3 Å². The van der Waals surface area contributed by atoms with E-state index in [0.29, 0.717) is 0 Å². The number of rotatable bonds is 8. The van der Waals surface area contributed by atoms with Crippen molar-refractivity contribution in [2.24, 2.45) is 0 Å². The molecule has 0 N–H and O–H groups in total. The van der Waals surface area contributed by atoms with Gasteiger partial charge in [-0.25, -0.2) is 4.98 Å². The van der Waals surface area contributed by atoms with Gasteiger partial charge in [-0.05, 0) is 26.2 Å². The summed E-state index contributed by atoms with van der Waals surface area (Å²) in [5.41, 5.74) is 0. The van der Waals surface area contributed by atoms with Gasteiger partial charge in [0.05, 0.1) is 19.4 Å². The minimum absolute atomic E-state index is 0.351. The molecular formula is C16H28ClNO3. The Bertz CT molecular complexity index is 333. The highest BCUT2D eigenvalue weighted by Gasteiger charge is 2.29. The minimum Gasteiger partial charge on any atom is -0.449 e. The van der Waals surface area contributed by atoms with E-state index in [1.54, 1.807) is 12.5 Å². The van der Waals surface area contributed by atoms with Gasteiger partial charge in [-0.3, -0.25) is 0 Å². The highest BCUT2D eigenvalue weighted by atomic mass is 35.5. The second-order valence-electron chi connectivity index (χ2n) is 5.36. The summed E-state index contributed by atoms with van der Waals surface area (Å²) in [6, 6.07) is 0. The smallest absolute Gasteiger partial charge is 0.193 e. The summed E-state index contributed by atoms with van der Waals surface area (Å²) in [7, 11) is 0. The van der Waals surface area contributed by atoms with E-state index >= 15 is 0 Å². The number of unbranched alkanes of at least 4 members (excludes halogenated alkanes) is 3. The number of aryl methyl sites for hydroxylation is 1. The second-order valence-corrected chi connectivity index (χ2v) is 5.74. The fourth-order valence-electron chi connectivity index (χ4n) is 2.14. The summed E-state index contributed by atoms with van der Waals surface area (Å²) in [6.07, 6.45) is 11.0. The van der Waals surface area contributed by atoms with Crippen molar-refractivity contribution in [3.8, 4) is 0 Å². The van der Waals surface area contributed by atoms with Gasteiger partial charge in [-0.2, -0.15) is 0 Å². The van der Waals surface area contributed by atoms with Crippen LogP contribution in [0, 0.1) is 0 Å². The normalized spacial score (nSPS) is 16.5.